The number of nitrogens with one attached hydrogen (secondary N) is 2. The van der Waals surface area contributed by atoms with Crippen LogP contribution in [0, 0.1) is 13.8 Å². The van der Waals surface area contributed by atoms with E-state index in [-0.39, 0.29) is 29.7 Å². The Bertz CT molecular complexity index is 1500. The second-order valence-corrected chi connectivity index (χ2v) is 11.6. The smallest absolute Gasteiger partial charge is 0.259 e. The van der Waals surface area contributed by atoms with Crippen molar-refractivity contribution >= 4 is 29.1 Å². The molecule has 1 saturated heterocycles. The number of piperazine rings is 1. The molecule has 4 rings (SSSR count). The zero-order valence-electron chi connectivity index (χ0n) is 26.7. The van der Waals surface area contributed by atoms with Crippen LogP contribution in [0.1, 0.15) is 63.1 Å². The number of ether oxygens (including phenoxy) is 2. The number of nitrogens with zero attached hydrogens (tertiary/aromatic N) is 2. The number of anilines is 2. The molecule has 0 spiro atoms. The van der Waals surface area contributed by atoms with E-state index in [4.69, 9.17) is 9.47 Å². The number of unbranched alkanes of at least 4 members (excludes halogenated alkanes) is 2. The highest BCUT2D eigenvalue weighted by Crippen LogP contribution is 2.28. The van der Waals surface area contributed by atoms with Crippen molar-refractivity contribution in [1.29, 1.82) is 0 Å². The number of methoxy groups -OCH3 is 1. The van der Waals surface area contributed by atoms with Crippen LogP contribution in [0.3, 0.4) is 0 Å². The summed E-state index contributed by atoms with van der Waals surface area (Å²) in [7, 11) is 3.61. The first kappa shape index (κ1) is 33.5. The second-order valence-electron chi connectivity index (χ2n) is 11.6. The molecule has 0 aromatic heterocycles. The molecule has 3 amide bonds. The van der Waals surface area contributed by atoms with Gasteiger partial charge in [-0.2, -0.15) is 0 Å². The molecule has 0 radical (unpaired) electrons. The maximum atomic E-state index is 13.3. The van der Waals surface area contributed by atoms with E-state index in [0.717, 1.165) is 56.6 Å². The molecule has 0 saturated carbocycles. The van der Waals surface area contributed by atoms with Gasteiger partial charge in [0.25, 0.3) is 11.8 Å². The van der Waals surface area contributed by atoms with Crippen molar-refractivity contribution in [2.24, 2.45) is 0 Å². The minimum Gasteiger partial charge on any atom is -0.507 e. The third kappa shape index (κ3) is 9.54. The number of hydrogen-bond donors (Lipinski definition) is 3. The third-order valence-electron chi connectivity index (χ3n) is 7.85. The predicted octanol–water partition coefficient (Wildman–Crippen LogP) is 5.37. The second kappa shape index (κ2) is 16.1. The van der Waals surface area contributed by atoms with Crippen LogP contribution < -0.4 is 15.4 Å². The Balaban J connectivity index is 1.33. The summed E-state index contributed by atoms with van der Waals surface area (Å²) in [5, 5.41) is 16.0. The summed E-state index contributed by atoms with van der Waals surface area (Å²) < 4.78 is 11.4. The first-order valence-electron chi connectivity index (χ1n) is 15.4. The maximum absolute atomic E-state index is 13.3. The van der Waals surface area contributed by atoms with Crippen molar-refractivity contribution in [2.75, 3.05) is 57.6 Å². The maximum Gasteiger partial charge on any atom is 0.259 e. The number of rotatable bonds is 13. The molecule has 3 N–H and O–H groups in total. The van der Waals surface area contributed by atoms with E-state index in [1.807, 2.05) is 36.9 Å². The summed E-state index contributed by atoms with van der Waals surface area (Å²) in [6, 6.07) is 15.4. The SMILES string of the molecule is COCc1cc(C(=O)Nc2ccc(C)cc2OCCCCCC(=O)N2CCN(C)CC2)ccc1NC(=O)c1ccc(C)cc1O. The van der Waals surface area contributed by atoms with Crippen LogP contribution in [0.25, 0.3) is 0 Å². The molecule has 10 nitrogen and oxygen atoms in total. The van der Waals surface area contributed by atoms with Gasteiger partial charge in [0.1, 0.15) is 11.5 Å². The van der Waals surface area contributed by atoms with Gasteiger partial charge in [0.2, 0.25) is 5.91 Å². The van der Waals surface area contributed by atoms with Gasteiger partial charge >= 0.3 is 0 Å². The molecule has 10 heteroatoms. The number of carbonyl (C=O) groups is 3. The molecule has 3 aromatic rings. The van der Waals surface area contributed by atoms with Crippen LogP contribution >= 0.6 is 0 Å². The molecule has 0 aliphatic carbocycles. The first-order chi connectivity index (χ1) is 21.6. The average molecular weight is 617 g/mol. The fourth-order valence-corrected chi connectivity index (χ4v) is 5.15. The number of aryl methyl sites for hydroxylation is 2. The third-order valence-corrected chi connectivity index (χ3v) is 7.85. The van der Waals surface area contributed by atoms with Crippen LogP contribution in [0.5, 0.6) is 11.5 Å². The Kier molecular flexibility index (Phi) is 11.9. The molecular formula is C35H44N4O6. The molecule has 0 atom stereocenters. The standard InChI is InChI=1S/C35H44N4O6/c1-24-9-12-28(31(40)20-24)35(43)36-29-14-11-26(22-27(29)23-44-4)34(42)37-30-13-10-25(2)21-32(30)45-19-7-5-6-8-33(41)39-17-15-38(3)16-18-39/h9-14,20-22,40H,5-8,15-19,23H2,1-4H3,(H,36,43)(H,37,42). The van der Waals surface area contributed by atoms with Gasteiger partial charge in [0.05, 0.1) is 24.5 Å². The minimum atomic E-state index is -0.467. The van der Waals surface area contributed by atoms with Crippen molar-refractivity contribution in [2.45, 2.75) is 46.1 Å². The zero-order chi connectivity index (χ0) is 32.3. The van der Waals surface area contributed by atoms with Gasteiger partial charge < -0.3 is 35.0 Å². The van der Waals surface area contributed by atoms with Gasteiger partial charge in [-0.15, -0.1) is 0 Å². The lowest BCUT2D eigenvalue weighted by molar-refractivity contribution is -0.132. The fourth-order valence-electron chi connectivity index (χ4n) is 5.15. The van der Waals surface area contributed by atoms with Crippen molar-refractivity contribution in [3.63, 3.8) is 0 Å². The molecule has 0 bridgehead atoms. The molecule has 1 fully saturated rings. The summed E-state index contributed by atoms with van der Waals surface area (Å²) in [4.78, 5) is 42.8. The Hall–Kier alpha value is -4.41. The van der Waals surface area contributed by atoms with Crippen LogP contribution in [0.15, 0.2) is 54.6 Å². The molecular weight excluding hydrogens is 572 g/mol. The van der Waals surface area contributed by atoms with Gasteiger partial charge in [0, 0.05) is 56.5 Å². The van der Waals surface area contributed by atoms with Crippen molar-refractivity contribution in [3.8, 4) is 11.5 Å². The number of benzene rings is 3. The number of amides is 3. The van der Waals surface area contributed by atoms with E-state index < -0.39 is 5.91 Å². The van der Waals surface area contributed by atoms with E-state index in [1.165, 1.54) is 13.2 Å². The van der Waals surface area contributed by atoms with E-state index in [0.29, 0.717) is 41.3 Å². The summed E-state index contributed by atoms with van der Waals surface area (Å²) in [5.41, 5.74) is 4.01. The van der Waals surface area contributed by atoms with Crippen molar-refractivity contribution in [1.82, 2.24) is 9.80 Å². The van der Waals surface area contributed by atoms with Crippen LogP contribution in [-0.2, 0) is 16.1 Å². The van der Waals surface area contributed by atoms with Crippen LogP contribution in [-0.4, -0.2) is 79.6 Å². The summed E-state index contributed by atoms with van der Waals surface area (Å²) >= 11 is 0. The molecule has 1 aliphatic rings. The van der Waals surface area contributed by atoms with Crippen LogP contribution in [0.4, 0.5) is 11.4 Å². The van der Waals surface area contributed by atoms with E-state index in [9.17, 15) is 19.5 Å². The quantitative estimate of drug-likeness (QED) is 0.221. The van der Waals surface area contributed by atoms with E-state index in [2.05, 4.69) is 22.6 Å². The topological polar surface area (TPSA) is 120 Å². The summed E-state index contributed by atoms with van der Waals surface area (Å²) in [6.07, 6.45) is 3.04. The van der Waals surface area contributed by atoms with E-state index >= 15 is 0 Å². The molecule has 1 aliphatic heterocycles. The van der Waals surface area contributed by atoms with Crippen molar-refractivity contribution < 1.29 is 29.0 Å². The van der Waals surface area contributed by atoms with Gasteiger partial charge in [-0.1, -0.05) is 12.1 Å². The lowest BCUT2D eigenvalue weighted by atomic mass is 10.1. The lowest BCUT2D eigenvalue weighted by Gasteiger charge is -2.32. The predicted molar refractivity (Wildman–Crippen MR) is 175 cm³/mol. The molecule has 45 heavy (non-hydrogen) atoms. The molecule has 1 heterocycles. The molecule has 0 unspecified atom stereocenters. The highest BCUT2D eigenvalue weighted by Gasteiger charge is 2.19. The Morgan fingerprint density at radius 3 is 2.24 bits per heavy atom. The molecule has 240 valence electrons. The zero-order valence-corrected chi connectivity index (χ0v) is 26.7. The number of phenols is 1. The normalized spacial score (nSPS) is 13.4. The Morgan fingerprint density at radius 1 is 0.822 bits per heavy atom. The van der Waals surface area contributed by atoms with Crippen LogP contribution in [0.2, 0.25) is 0 Å². The summed E-state index contributed by atoms with van der Waals surface area (Å²) in [5.74, 6) is -0.106. The number of carbonyl (C=O) groups excluding carboxylic acids is 3. The van der Waals surface area contributed by atoms with Gasteiger partial charge in [-0.3, -0.25) is 14.4 Å². The van der Waals surface area contributed by atoms with Gasteiger partial charge in [-0.25, -0.2) is 0 Å². The number of likely N-dealkylation sites (N-methyl/N-ethyl adjacent to an activating group) is 1. The number of phenolic OH excluding ortho intramolecular Hbond substituents is 1. The minimum absolute atomic E-state index is 0.107. The highest BCUT2D eigenvalue weighted by atomic mass is 16.5. The Morgan fingerprint density at radius 2 is 1.51 bits per heavy atom. The number of aromatic hydroxyl groups is 1. The van der Waals surface area contributed by atoms with Crippen molar-refractivity contribution in [3.05, 3.63) is 82.4 Å². The highest BCUT2D eigenvalue weighted by molar-refractivity contribution is 6.08. The van der Waals surface area contributed by atoms with Gasteiger partial charge in [0.15, 0.2) is 0 Å². The Labute approximate surface area is 265 Å². The first-order valence-corrected chi connectivity index (χ1v) is 15.4. The van der Waals surface area contributed by atoms with E-state index in [1.54, 1.807) is 30.3 Å². The lowest BCUT2D eigenvalue weighted by Crippen LogP contribution is -2.47. The largest absolute Gasteiger partial charge is 0.507 e. The summed E-state index contributed by atoms with van der Waals surface area (Å²) in [6.45, 7) is 7.87. The monoisotopic (exact) mass is 616 g/mol. The molecule has 3 aromatic carbocycles. The fraction of sp³-hybridized carbons (Fsp3) is 0.400. The average Bonchev–Trinajstić information content (AvgIpc) is 3.01. The van der Waals surface area contributed by atoms with Gasteiger partial charge in [-0.05, 0) is 93.7 Å². The number of hydrogen-bond acceptors (Lipinski definition) is 7.